The highest BCUT2D eigenvalue weighted by Crippen LogP contribution is 2.41. The summed E-state index contributed by atoms with van der Waals surface area (Å²) in [5, 5.41) is 22.7. The van der Waals surface area contributed by atoms with Gasteiger partial charge in [0.05, 0.1) is 26.1 Å². The van der Waals surface area contributed by atoms with Crippen LogP contribution in [-0.2, 0) is 6.42 Å². The van der Waals surface area contributed by atoms with Gasteiger partial charge in [0.1, 0.15) is 11.5 Å². The van der Waals surface area contributed by atoms with E-state index in [4.69, 9.17) is 9.41 Å². The number of hydrogen-bond acceptors (Lipinski definition) is 8. The number of fused-ring (bicyclic) bond motifs is 3. The van der Waals surface area contributed by atoms with Gasteiger partial charge in [-0.1, -0.05) is 47.7 Å². The van der Waals surface area contributed by atoms with Gasteiger partial charge >= 0.3 is 0 Å². The Morgan fingerprint density at radius 1 is 0.930 bits per heavy atom. The monoisotopic (exact) mass is 654 g/mol. The van der Waals surface area contributed by atoms with Crippen molar-refractivity contribution in [2.24, 2.45) is 4.99 Å². The smallest absolute Gasteiger partial charge is 0.271 e. The van der Waals surface area contributed by atoms with Crippen LogP contribution in [0.25, 0.3) is 23.1 Å². The van der Waals surface area contributed by atoms with Crippen LogP contribution in [0.15, 0.2) is 103 Å². The number of benzene rings is 3. The van der Waals surface area contributed by atoms with Crippen molar-refractivity contribution >= 4 is 50.4 Å². The van der Waals surface area contributed by atoms with E-state index in [9.17, 15) is 25.0 Å². The zero-order valence-electron chi connectivity index (χ0n) is 22.1. The molecule has 3 aromatic carbocycles. The van der Waals surface area contributed by atoms with Crippen molar-refractivity contribution in [3.8, 4) is 11.3 Å². The molecular weight excluding hydrogens is 636 g/mol. The molecule has 3 heterocycles. The maximum Gasteiger partial charge on any atom is 0.271 e. The number of nitro benzene ring substituents is 2. The van der Waals surface area contributed by atoms with Crippen LogP contribution in [0.1, 0.15) is 34.9 Å². The molecule has 10 nitrogen and oxygen atoms in total. The van der Waals surface area contributed by atoms with Crippen LogP contribution in [0.3, 0.4) is 0 Å². The van der Waals surface area contributed by atoms with Crippen molar-refractivity contribution in [3.05, 3.63) is 151 Å². The number of furan rings is 1. The van der Waals surface area contributed by atoms with Gasteiger partial charge in [0, 0.05) is 45.9 Å². The van der Waals surface area contributed by atoms with Crippen molar-refractivity contribution in [2.45, 2.75) is 18.9 Å². The van der Waals surface area contributed by atoms with E-state index >= 15 is 0 Å². The largest absolute Gasteiger partial charge is 0.457 e. The van der Waals surface area contributed by atoms with Crippen LogP contribution in [-0.4, -0.2) is 14.4 Å². The summed E-state index contributed by atoms with van der Waals surface area (Å²) in [6.07, 6.45) is 3.08. The van der Waals surface area contributed by atoms with Crippen molar-refractivity contribution in [1.82, 2.24) is 4.57 Å². The predicted octanol–water partition coefficient (Wildman–Crippen LogP) is 6.16. The van der Waals surface area contributed by atoms with E-state index < -0.39 is 15.9 Å². The van der Waals surface area contributed by atoms with Crippen LogP contribution in [0.5, 0.6) is 0 Å². The summed E-state index contributed by atoms with van der Waals surface area (Å²) in [5.74, 6) is 0.897. The SMILES string of the molecule is O=c1/c(=C\c2ccc(-c3ccc([N+](=O)[O-])cc3Br)o2)sc2n1[C@@H](c1cccc([N+](=O)[O-])c1)C1=C(N=2)c2ccccc2CC1. The molecule has 0 amide bonds. The molecule has 1 atom stereocenters. The molecule has 7 rings (SSSR count). The first-order chi connectivity index (χ1) is 20.8. The molecule has 1 aliphatic carbocycles. The molecule has 212 valence electrons. The zero-order valence-corrected chi connectivity index (χ0v) is 24.5. The first-order valence-corrected chi connectivity index (χ1v) is 14.8. The van der Waals surface area contributed by atoms with Crippen LogP contribution < -0.4 is 14.9 Å². The summed E-state index contributed by atoms with van der Waals surface area (Å²) < 4.78 is 8.55. The lowest BCUT2D eigenvalue weighted by Gasteiger charge is -2.30. The Kier molecular flexibility index (Phi) is 6.51. The van der Waals surface area contributed by atoms with Crippen molar-refractivity contribution in [2.75, 3.05) is 0 Å². The molecule has 43 heavy (non-hydrogen) atoms. The molecule has 12 heteroatoms. The third-order valence-corrected chi connectivity index (χ3v) is 9.24. The molecule has 0 saturated heterocycles. The van der Waals surface area contributed by atoms with E-state index in [0.29, 0.717) is 42.9 Å². The van der Waals surface area contributed by atoms with Gasteiger partial charge in [-0.2, -0.15) is 0 Å². The summed E-state index contributed by atoms with van der Waals surface area (Å²) >= 11 is 4.60. The molecule has 2 aromatic heterocycles. The predicted molar refractivity (Wildman–Crippen MR) is 164 cm³/mol. The number of allylic oxidation sites excluding steroid dienone is 1. The number of thiazole rings is 1. The molecule has 1 aliphatic heterocycles. The summed E-state index contributed by atoms with van der Waals surface area (Å²) in [6.45, 7) is 0. The minimum atomic E-state index is -0.551. The van der Waals surface area contributed by atoms with Gasteiger partial charge in [-0.3, -0.25) is 29.6 Å². The summed E-state index contributed by atoms with van der Waals surface area (Å²) in [6, 6.07) is 21.8. The van der Waals surface area contributed by atoms with E-state index in [2.05, 4.69) is 22.0 Å². The lowest BCUT2D eigenvalue weighted by atomic mass is 9.83. The fourth-order valence-corrected chi connectivity index (χ4v) is 7.20. The molecule has 0 saturated carbocycles. The minimum Gasteiger partial charge on any atom is -0.457 e. The number of nitrogens with zero attached hydrogens (tertiary/aromatic N) is 4. The number of halogens is 1. The molecule has 0 bridgehead atoms. The Labute approximate surface area is 255 Å². The van der Waals surface area contributed by atoms with Gasteiger partial charge in [-0.05, 0) is 63.7 Å². The van der Waals surface area contributed by atoms with E-state index in [1.807, 2.05) is 24.3 Å². The molecular formula is C31H19BrN4O6S. The number of hydrogen-bond donors (Lipinski definition) is 0. The van der Waals surface area contributed by atoms with Gasteiger partial charge in [0.2, 0.25) is 0 Å². The highest BCUT2D eigenvalue weighted by Gasteiger charge is 2.33. The molecule has 0 fully saturated rings. The Hall–Kier alpha value is -4.94. The second kappa shape index (κ2) is 10.4. The second-order valence-electron chi connectivity index (χ2n) is 10.1. The lowest BCUT2D eigenvalue weighted by molar-refractivity contribution is -0.385. The number of rotatable bonds is 5. The van der Waals surface area contributed by atoms with E-state index in [0.717, 1.165) is 23.3 Å². The number of non-ortho nitro benzene ring substituents is 2. The Balaban J connectivity index is 1.38. The highest BCUT2D eigenvalue weighted by molar-refractivity contribution is 9.10. The standard InChI is InChI=1S/C31H19BrN4O6S/c32-25-15-20(36(40)41)9-12-23(25)26-13-10-21(42-26)16-27-30(37)34-29(18-5-3-6-19(14-18)35(38)39)24-11-8-17-4-1-2-7-22(17)28(24)33-31(34)43-27/h1-7,9-10,12-16,29H,8,11H2/b27-16+/t29-/m0/s1. The normalized spacial score (nSPS) is 15.8. The zero-order chi connectivity index (χ0) is 29.8. The summed E-state index contributed by atoms with van der Waals surface area (Å²) in [4.78, 5) is 41.3. The Bertz CT molecular complexity index is 2210. The lowest BCUT2D eigenvalue weighted by Crippen LogP contribution is -2.38. The topological polar surface area (TPSA) is 134 Å². The van der Waals surface area contributed by atoms with Crippen molar-refractivity contribution in [3.63, 3.8) is 0 Å². The van der Waals surface area contributed by atoms with E-state index in [1.165, 1.54) is 41.2 Å². The number of aryl methyl sites for hydroxylation is 1. The van der Waals surface area contributed by atoms with Crippen LogP contribution in [0.4, 0.5) is 11.4 Å². The number of aromatic nitrogens is 1. The van der Waals surface area contributed by atoms with Crippen LogP contribution >= 0.6 is 27.3 Å². The molecule has 2 aliphatic rings. The van der Waals surface area contributed by atoms with Gasteiger partial charge in [-0.15, -0.1) is 0 Å². The third kappa shape index (κ3) is 4.64. The van der Waals surface area contributed by atoms with Gasteiger partial charge < -0.3 is 4.42 Å². The van der Waals surface area contributed by atoms with E-state index in [-0.39, 0.29) is 16.9 Å². The molecule has 0 unspecified atom stereocenters. The third-order valence-electron chi connectivity index (χ3n) is 7.60. The average Bonchev–Trinajstić information content (AvgIpc) is 3.59. The summed E-state index contributed by atoms with van der Waals surface area (Å²) in [5.41, 5.74) is 4.82. The van der Waals surface area contributed by atoms with Gasteiger partial charge in [-0.25, -0.2) is 4.99 Å². The quantitative estimate of drug-likeness (QED) is 0.165. The molecule has 0 spiro atoms. The van der Waals surface area contributed by atoms with Gasteiger partial charge in [0.15, 0.2) is 4.80 Å². The maximum atomic E-state index is 14.0. The second-order valence-corrected chi connectivity index (χ2v) is 12.0. The van der Waals surface area contributed by atoms with Crippen molar-refractivity contribution in [1.29, 1.82) is 0 Å². The number of nitro groups is 2. The summed E-state index contributed by atoms with van der Waals surface area (Å²) in [7, 11) is 0. The van der Waals surface area contributed by atoms with Crippen molar-refractivity contribution < 1.29 is 14.3 Å². The van der Waals surface area contributed by atoms with Crippen LogP contribution in [0.2, 0.25) is 0 Å². The molecule has 0 radical (unpaired) electrons. The Morgan fingerprint density at radius 2 is 1.72 bits per heavy atom. The maximum absolute atomic E-state index is 14.0. The minimum absolute atomic E-state index is 0.0458. The first kappa shape index (κ1) is 26.9. The average molecular weight is 655 g/mol. The van der Waals surface area contributed by atoms with Gasteiger partial charge in [0.25, 0.3) is 16.9 Å². The molecule has 0 N–H and O–H groups in total. The van der Waals surface area contributed by atoms with E-state index in [1.54, 1.807) is 34.9 Å². The Morgan fingerprint density at radius 3 is 2.51 bits per heavy atom. The first-order valence-electron chi connectivity index (χ1n) is 13.2. The molecule has 5 aromatic rings. The van der Waals surface area contributed by atoms with Crippen LogP contribution in [0, 0.1) is 20.2 Å². The highest BCUT2D eigenvalue weighted by atomic mass is 79.9. The fourth-order valence-electron chi connectivity index (χ4n) is 5.65. The fraction of sp³-hybridized carbons (Fsp3) is 0.0968.